The van der Waals surface area contributed by atoms with Gasteiger partial charge < -0.3 is 24.4 Å². The molecule has 2 aromatic rings. The molecule has 2 rings (SSSR count). The third kappa shape index (κ3) is 2.73. The molecule has 116 valence electrons. The summed E-state index contributed by atoms with van der Waals surface area (Å²) in [7, 11) is 1.26. The van der Waals surface area contributed by atoms with Crippen LogP contribution in [0.15, 0.2) is 12.5 Å². The Morgan fingerprint density at radius 2 is 2.14 bits per heavy atom. The van der Waals surface area contributed by atoms with Crippen molar-refractivity contribution >= 4 is 17.6 Å². The van der Waals surface area contributed by atoms with Crippen LogP contribution in [0, 0.1) is 24.0 Å². The van der Waals surface area contributed by atoms with Crippen LogP contribution in [0.2, 0.25) is 0 Å². The number of carbonyl (C=O) groups excluding carboxylic acids is 2. The lowest BCUT2D eigenvalue weighted by atomic mass is 10.1. The molecule has 22 heavy (non-hydrogen) atoms. The molecule has 0 bridgehead atoms. The van der Waals surface area contributed by atoms with Gasteiger partial charge in [0.15, 0.2) is 5.78 Å². The Morgan fingerprint density at radius 3 is 2.68 bits per heavy atom. The number of carbonyl (C=O) groups is 2. The highest BCUT2D eigenvalue weighted by Gasteiger charge is 2.23. The number of aromatic amines is 1. The topological polar surface area (TPSA) is 120 Å². The molecular formula is C13H14N4O5. The van der Waals surface area contributed by atoms with Gasteiger partial charge in [-0.3, -0.25) is 4.79 Å². The van der Waals surface area contributed by atoms with Crippen LogP contribution in [0.3, 0.4) is 0 Å². The summed E-state index contributed by atoms with van der Waals surface area (Å²) >= 11 is 0. The first-order chi connectivity index (χ1) is 10.3. The molecular weight excluding hydrogens is 292 g/mol. The molecule has 0 fully saturated rings. The third-order valence-electron chi connectivity index (χ3n) is 3.24. The summed E-state index contributed by atoms with van der Waals surface area (Å²) in [4.78, 5) is 40.3. The number of aryl methyl sites for hydroxylation is 1. The molecule has 0 radical (unpaired) electrons. The summed E-state index contributed by atoms with van der Waals surface area (Å²) < 4.78 is 5.99. The molecule has 0 aromatic carbocycles. The van der Waals surface area contributed by atoms with E-state index in [1.807, 2.05) is 0 Å². The molecule has 0 atom stereocenters. The molecule has 9 nitrogen and oxygen atoms in total. The second-order valence-corrected chi connectivity index (χ2v) is 4.70. The van der Waals surface area contributed by atoms with Crippen LogP contribution in [-0.2, 0) is 11.3 Å². The van der Waals surface area contributed by atoms with Gasteiger partial charge in [0.1, 0.15) is 6.20 Å². The zero-order valence-corrected chi connectivity index (χ0v) is 12.2. The van der Waals surface area contributed by atoms with Crippen molar-refractivity contribution in [3.8, 4) is 0 Å². The first kappa shape index (κ1) is 15.4. The van der Waals surface area contributed by atoms with Gasteiger partial charge >= 0.3 is 11.8 Å². The Bertz CT molecular complexity index is 759. The fourth-order valence-electron chi connectivity index (χ4n) is 2.21. The van der Waals surface area contributed by atoms with E-state index >= 15 is 0 Å². The van der Waals surface area contributed by atoms with Crippen LogP contribution in [0.4, 0.5) is 5.82 Å². The number of methoxy groups -OCH3 is 1. The molecule has 0 saturated carbocycles. The van der Waals surface area contributed by atoms with E-state index in [9.17, 15) is 19.7 Å². The molecule has 0 saturated heterocycles. The van der Waals surface area contributed by atoms with Crippen molar-refractivity contribution in [1.29, 1.82) is 0 Å². The molecule has 2 aromatic heterocycles. The average Bonchev–Trinajstić information content (AvgIpc) is 3.03. The van der Waals surface area contributed by atoms with Gasteiger partial charge in [0.05, 0.1) is 24.9 Å². The fourth-order valence-corrected chi connectivity index (χ4v) is 2.21. The monoisotopic (exact) mass is 306 g/mol. The maximum Gasteiger partial charge on any atom is 0.381 e. The number of hydrogen-bond donors (Lipinski definition) is 1. The number of Topliss-reactive ketones (excluding diaryl/α,β-unsaturated/α-hetero) is 1. The van der Waals surface area contributed by atoms with Crippen LogP contribution < -0.4 is 0 Å². The van der Waals surface area contributed by atoms with Crippen molar-refractivity contribution in [2.45, 2.75) is 20.4 Å². The highest BCUT2D eigenvalue weighted by atomic mass is 16.6. The van der Waals surface area contributed by atoms with Gasteiger partial charge in [0.25, 0.3) is 0 Å². The quantitative estimate of drug-likeness (QED) is 0.386. The van der Waals surface area contributed by atoms with Gasteiger partial charge in [-0.1, -0.05) is 0 Å². The summed E-state index contributed by atoms with van der Waals surface area (Å²) in [6.07, 6.45) is 2.38. The minimum atomic E-state index is -0.639. The van der Waals surface area contributed by atoms with E-state index in [1.54, 1.807) is 13.8 Å². The van der Waals surface area contributed by atoms with E-state index in [-0.39, 0.29) is 23.8 Å². The van der Waals surface area contributed by atoms with Crippen LogP contribution in [0.5, 0.6) is 0 Å². The van der Waals surface area contributed by atoms with Gasteiger partial charge in [-0.15, -0.1) is 0 Å². The lowest BCUT2D eigenvalue weighted by Gasteiger charge is -2.01. The number of nitrogens with one attached hydrogen (secondary N) is 1. The van der Waals surface area contributed by atoms with E-state index < -0.39 is 10.9 Å². The molecule has 0 aliphatic heterocycles. The number of hydrogen-bond acceptors (Lipinski definition) is 6. The van der Waals surface area contributed by atoms with E-state index in [0.717, 1.165) is 0 Å². The second kappa shape index (κ2) is 5.80. The lowest BCUT2D eigenvalue weighted by molar-refractivity contribution is -0.389. The van der Waals surface area contributed by atoms with Crippen molar-refractivity contribution in [2.24, 2.45) is 0 Å². The highest BCUT2D eigenvalue weighted by Crippen LogP contribution is 2.20. The Balaban J connectivity index is 2.26. The zero-order chi connectivity index (χ0) is 16.4. The summed E-state index contributed by atoms with van der Waals surface area (Å²) in [5.74, 6) is -1.17. The number of rotatable bonds is 5. The Morgan fingerprint density at radius 1 is 1.45 bits per heavy atom. The molecule has 0 aliphatic carbocycles. The molecule has 2 heterocycles. The number of esters is 1. The largest absolute Gasteiger partial charge is 0.465 e. The number of ketones is 1. The van der Waals surface area contributed by atoms with E-state index in [4.69, 9.17) is 0 Å². The summed E-state index contributed by atoms with van der Waals surface area (Å²) in [6.45, 7) is 3.18. The smallest absolute Gasteiger partial charge is 0.381 e. The van der Waals surface area contributed by atoms with Gasteiger partial charge in [0.2, 0.25) is 6.33 Å². The van der Waals surface area contributed by atoms with Crippen LogP contribution in [0.25, 0.3) is 0 Å². The van der Waals surface area contributed by atoms with E-state index in [0.29, 0.717) is 16.8 Å². The van der Waals surface area contributed by atoms with Crippen LogP contribution in [0.1, 0.15) is 32.1 Å². The number of nitrogens with zero attached hydrogens (tertiary/aromatic N) is 3. The van der Waals surface area contributed by atoms with Crippen molar-refractivity contribution in [3.63, 3.8) is 0 Å². The number of imidazole rings is 1. The Hall–Kier alpha value is -2.97. The lowest BCUT2D eigenvalue weighted by Crippen LogP contribution is -2.11. The number of aromatic nitrogens is 3. The summed E-state index contributed by atoms with van der Waals surface area (Å²) in [6, 6.07) is 0. The third-order valence-corrected chi connectivity index (χ3v) is 3.24. The minimum Gasteiger partial charge on any atom is -0.465 e. The molecule has 0 aliphatic rings. The predicted octanol–water partition coefficient (Wildman–Crippen LogP) is 1.41. The standard InChI is InChI=1S/C13H14N4O5/c1-7-11(13(19)22-3)8(2)15-12(7)9(18)4-16-5-10(14-6-16)17(20)21/h5-6,15H,4H2,1-3H3. The first-order valence-electron chi connectivity index (χ1n) is 6.32. The van der Waals surface area contributed by atoms with E-state index in [1.165, 1.54) is 24.2 Å². The van der Waals surface area contributed by atoms with Gasteiger partial charge in [-0.05, 0) is 29.3 Å². The van der Waals surface area contributed by atoms with Gasteiger partial charge in [-0.2, -0.15) is 0 Å². The zero-order valence-electron chi connectivity index (χ0n) is 12.2. The van der Waals surface area contributed by atoms with Crippen LogP contribution in [-0.4, -0.2) is 38.3 Å². The Kier molecular flexibility index (Phi) is 4.06. The molecule has 1 N–H and O–H groups in total. The maximum absolute atomic E-state index is 12.3. The Labute approximate surface area is 125 Å². The minimum absolute atomic E-state index is 0.123. The summed E-state index contributed by atoms with van der Waals surface area (Å²) in [5.41, 5.74) is 1.62. The number of ether oxygens (including phenoxy) is 1. The van der Waals surface area contributed by atoms with Gasteiger partial charge in [0, 0.05) is 5.69 Å². The maximum atomic E-state index is 12.3. The molecule has 0 spiro atoms. The predicted molar refractivity (Wildman–Crippen MR) is 74.8 cm³/mol. The van der Waals surface area contributed by atoms with Crippen molar-refractivity contribution < 1.29 is 19.2 Å². The molecule has 0 amide bonds. The molecule has 9 heteroatoms. The highest BCUT2D eigenvalue weighted by molar-refractivity contribution is 6.01. The number of H-pyrrole nitrogens is 1. The van der Waals surface area contributed by atoms with Crippen molar-refractivity contribution in [2.75, 3.05) is 7.11 Å². The number of nitro groups is 1. The summed E-state index contributed by atoms with van der Waals surface area (Å²) in [5, 5.41) is 10.6. The van der Waals surface area contributed by atoms with E-state index in [2.05, 4.69) is 14.7 Å². The SMILES string of the molecule is COC(=O)c1c(C)[nH]c(C(=O)Cn2cnc([N+](=O)[O-])c2)c1C. The average molecular weight is 306 g/mol. The van der Waals surface area contributed by atoms with Crippen molar-refractivity contribution in [3.05, 3.63) is 45.2 Å². The van der Waals surface area contributed by atoms with Crippen molar-refractivity contribution in [1.82, 2.24) is 14.5 Å². The normalized spacial score (nSPS) is 10.5. The second-order valence-electron chi connectivity index (χ2n) is 4.70. The first-order valence-corrected chi connectivity index (χ1v) is 6.32. The van der Waals surface area contributed by atoms with Crippen LogP contribution >= 0.6 is 0 Å². The molecule has 0 unspecified atom stereocenters. The fraction of sp³-hybridized carbons (Fsp3) is 0.308. The van der Waals surface area contributed by atoms with Gasteiger partial charge in [-0.25, -0.2) is 4.79 Å².